The van der Waals surface area contributed by atoms with Gasteiger partial charge in [-0.2, -0.15) is 4.98 Å². The number of hydrogen-bond donors (Lipinski definition) is 0. The number of allylic oxidation sites excluding steroid dienone is 1. The van der Waals surface area contributed by atoms with Gasteiger partial charge in [-0.15, -0.1) is 0 Å². The molecule has 0 aliphatic carbocycles. The molecular formula is C13H17N3O3. The molecule has 2 rings (SSSR count). The second kappa shape index (κ2) is 6.17. The van der Waals surface area contributed by atoms with E-state index in [1.54, 1.807) is 23.2 Å². The van der Waals surface area contributed by atoms with Crippen molar-refractivity contribution in [2.45, 2.75) is 19.4 Å². The summed E-state index contributed by atoms with van der Waals surface area (Å²) >= 11 is 0. The van der Waals surface area contributed by atoms with Gasteiger partial charge in [-0.3, -0.25) is 9.78 Å². The number of hydrogen-bond acceptors (Lipinski definition) is 5. The van der Waals surface area contributed by atoms with Gasteiger partial charge < -0.3 is 14.4 Å². The number of amides is 1. The van der Waals surface area contributed by atoms with Crippen molar-refractivity contribution >= 4 is 5.91 Å². The average molecular weight is 263 g/mol. The Bertz CT molecular complexity index is 476. The van der Waals surface area contributed by atoms with Gasteiger partial charge in [0.05, 0.1) is 26.0 Å². The molecule has 1 aromatic heterocycles. The molecule has 6 heteroatoms. The molecule has 1 aliphatic rings. The second-order valence-electron chi connectivity index (χ2n) is 4.21. The summed E-state index contributed by atoms with van der Waals surface area (Å²) in [4.78, 5) is 21.6. The lowest BCUT2D eigenvalue weighted by Crippen LogP contribution is -2.29. The first-order valence-electron chi connectivity index (χ1n) is 6.17. The second-order valence-corrected chi connectivity index (χ2v) is 4.21. The van der Waals surface area contributed by atoms with Crippen LogP contribution in [0.3, 0.4) is 0 Å². The van der Waals surface area contributed by atoms with E-state index in [2.05, 4.69) is 9.97 Å². The minimum absolute atomic E-state index is 0.0188. The van der Waals surface area contributed by atoms with Crippen molar-refractivity contribution in [3.8, 4) is 11.8 Å². The molecular weight excluding hydrogens is 246 g/mol. The van der Waals surface area contributed by atoms with Gasteiger partial charge in [0, 0.05) is 13.0 Å². The van der Waals surface area contributed by atoms with Crippen molar-refractivity contribution in [1.82, 2.24) is 14.9 Å². The van der Waals surface area contributed by atoms with Crippen molar-refractivity contribution in [3.63, 3.8) is 0 Å². The summed E-state index contributed by atoms with van der Waals surface area (Å²) < 4.78 is 10.7. The van der Waals surface area contributed by atoms with Gasteiger partial charge in [0.15, 0.2) is 0 Å². The van der Waals surface area contributed by atoms with Crippen LogP contribution in [0.2, 0.25) is 0 Å². The van der Waals surface area contributed by atoms with E-state index in [1.807, 2.05) is 6.92 Å². The third-order valence-electron chi connectivity index (χ3n) is 2.85. The van der Waals surface area contributed by atoms with Crippen LogP contribution < -0.4 is 9.47 Å². The molecule has 0 N–H and O–H groups in total. The first kappa shape index (κ1) is 13.3. The molecule has 0 radical (unpaired) electrons. The summed E-state index contributed by atoms with van der Waals surface area (Å²) in [5, 5.41) is 0. The molecule has 1 amide bonds. The highest BCUT2D eigenvalue weighted by Crippen LogP contribution is 2.18. The van der Waals surface area contributed by atoms with Crippen molar-refractivity contribution in [2.75, 3.05) is 20.2 Å². The summed E-state index contributed by atoms with van der Waals surface area (Å²) in [5.41, 5.74) is 0. The van der Waals surface area contributed by atoms with Gasteiger partial charge in [-0.25, -0.2) is 0 Å². The van der Waals surface area contributed by atoms with Crippen LogP contribution in [0.15, 0.2) is 24.5 Å². The Morgan fingerprint density at radius 3 is 3.00 bits per heavy atom. The minimum Gasteiger partial charge on any atom is -0.480 e. The van der Waals surface area contributed by atoms with E-state index < -0.39 is 0 Å². The summed E-state index contributed by atoms with van der Waals surface area (Å²) in [5.74, 6) is 0.854. The quantitative estimate of drug-likeness (QED) is 0.759. The molecule has 0 saturated carbocycles. The van der Waals surface area contributed by atoms with E-state index in [4.69, 9.17) is 9.47 Å². The number of aromatic nitrogens is 2. The molecule has 1 saturated heterocycles. The van der Waals surface area contributed by atoms with Crippen LogP contribution in [-0.4, -0.2) is 47.1 Å². The predicted octanol–water partition coefficient (Wildman–Crippen LogP) is 1.04. The number of ether oxygens (including phenoxy) is 2. The molecule has 0 bridgehead atoms. The fourth-order valence-electron chi connectivity index (χ4n) is 1.93. The van der Waals surface area contributed by atoms with E-state index in [1.165, 1.54) is 13.3 Å². The van der Waals surface area contributed by atoms with E-state index in [0.717, 1.165) is 6.42 Å². The lowest BCUT2D eigenvalue weighted by atomic mass is 10.3. The van der Waals surface area contributed by atoms with Crippen LogP contribution in [0.25, 0.3) is 0 Å². The normalized spacial score (nSPS) is 18.8. The Kier molecular flexibility index (Phi) is 4.33. The van der Waals surface area contributed by atoms with Crippen LogP contribution in [0.5, 0.6) is 11.8 Å². The number of carbonyl (C=O) groups excluding carboxylic acids is 1. The number of methoxy groups -OCH3 is 1. The first-order chi connectivity index (χ1) is 9.22. The van der Waals surface area contributed by atoms with Gasteiger partial charge in [0.1, 0.15) is 6.10 Å². The van der Waals surface area contributed by atoms with Crippen molar-refractivity contribution < 1.29 is 14.3 Å². The minimum atomic E-state index is -0.0457. The zero-order valence-electron chi connectivity index (χ0n) is 11.1. The van der Waals surface area contributed by atoms with Crippen LogP contribution in [-0.2, 0) is 4.79 Å². The smallest absolute Gasteiger partial charge is 0.246 e. The molecule has 1 aromatic rings. The van der Waals surface area contributed by atoms with E-state index >= 15 is 0 Å². The third kappa shape index (κ3) is 3.43. The van der Waals surface area contributed by atoms with Crippen molar-refractivity contribution in [3.05, 3.63) is 24.5 Å². The number of nitrogens with zero attached hydrogens (tertiary/aromatic N) is 3. The predicted molar refractivity (Wildman–Crippen MR) is 69.0 cm³/mol. The van der Waals surface area contributed by atoms with E-state index in [9.17, 15) is 4.79 Å². The standard InChI is InChI=1S/C13H17N3O3/c1-3-4-13(17)16-6-5-10(9-16)19-12-8-14-7-11(15-12)18-2/h3-4,7-8,10H,5-6,9H2,1-2H3/b4-3+. The average Bonchev–Trinajstić information content (AvgIpc) is 2.88. The van der Waals surface area contributed by atoms with E-state index in [0.29, 0.717) is 24.8 Å². The fraction of sp³-hybridized carbons (Fsp3) is 0.462. The lowest BCUT2D eigenvalue weighted by Gasteiger charge is -2.15. The highest BCUT2D eigenvalue weighted by Gasteiger charge is 2.26. The molecule has 1 fully saturated rings. The first-order valence-corrected chi connectivity index (χ1v) is 6.17. The summed E-state index contributed by atoms with van der Waals surface area (Å²) in [6.45, 7) is 3.10. The molecule has 1 atom stereocenters. The van der Waals surface area contributed by atoms with Gasteiger partial charge >= 0.3 is 0 Å². The largest absolute Gasteiger partial charge is 0.480 e. The van der Waals surface area contributed by atoms with Gasteiger partial charge in [0.25, 0.3) is 0 Å². The zero-order valence-corrected chi connectivity index (χ0v) is 11.1. The Morgan fingerprint density at radius 2 is 2.26 bits per heavy atom. The molecule has 1 aliphatic heterocycles. The summed E-state index contributed by atoms with van der Waals surface area (Å²) in [6, 6.07) is 0. The Hall–Kier alpha value is -2.11. The highest BCUT2D eigenvalue weighted by molar-refractivity contribution is 5.87. The van der Waals surface area contributed by atoms with Crippen LogP contribution in [0.4, 0.5) is 0 Å². The molecule has 2 heterocycles. The topological polar surface area (TPSA) is 64.6 Å². The zero-order chi connectivity index (χ0) is 13.7. The van der Waals surface area contributed by atoms with Crippen molar-refractivity contribution in [2.24, 2.45) is 0 Å². The molecule has 19 heavy (non-hydrogen) atoms. The molecule has 102 valence electrons. The molecule has 1 unspecified atom stereocenters. The van der Waals surface area contributed by atoms with Gasteiger partial charge in [-0.05, 0) is 13.0 Å². The lowest BCUT2D eigenvalue weighted by molar-refractivity contribution is -0.125. The Balaban J connectivity index is 1.92. The maximum absolute atomic E-state index is 11.7. The maximum atomic E-state index is 11.7. The Morgan fingerprint density at radius 1 is 1.47 bits per heavy atom. The third-order valence-corrected chi connectivity index (χ3v) is 2.85. The summed E-state index contributed by atoms with van der Waals surface area (Å²) in [6.07, 6.45) is 7.11. The molecule has 0 spiro atoms. The number of rotatable bonds is 4. The SMILES string of the molecule is C/C=C/C(=O)N1CCC(Oc2cncc(OC)n2)C1. The molecule has 6 nitrogen and oxygen atoms in total. The fourth-order valence-corrected chi connectivity index (χ4v) is 1.93. The van der Waals surface area contributed by atoms with Gasteiger partial charge in [0.2, 0.25) is 17.7 Å². The van der Waals surface area contributed by atoms with Crippen LogP contribution in [0.1, 0.15) is 13.3 Å². The maximum Gasteiger partial charge on any atom is 0.246 e. The van der Waals surface area contributed by atoms with Crippen LogP contribution in [0, 0.1) is 0 Å². The Labute approximate surface area is 112 Å². The monoisotopic (exact) mass is 263 g/mol. The highest BCUT2D eigenvalue weighted by atomic mass is 16.5. The molecule has 0 aromatic carbocycles. The summed E-state index contributed by atoms with van der Waals surface area (Å²) in [7, 11) is 1.53. The van der Waals surface area contributed by atoms with E-state index in [-0.39, 0.29) is 12.0 Å². The van der Waals surface area contributed by atoms with Gasteiger partial charge in [-0.1, -0.05) is 6.08 Å². The number of likely N-dealkylation sites (tertiary alicyclic amines) is 1. The van der Waals surface area contributed by atoms with Crippen molar-refractivity contribution in [1.29, 1.82) is 0 Å². The number of carbonyl (C=O) groups is 1. The van der Waals surface area contributed by atoms with Crippen LogP contribution >= 0.6 is 0 Å².